The second kappa shape index (κ2) is 6.14. The Morgan fingerprint density at radius 3 is 3.22 bits per heavy atom. The van der Waals surface area contributed by atoms with Crippen molar-refractivity contribution in [3.8, 4) is 5.75 Å². The minimum atomic E-state index is 0.259. The van der Waals surface area contributed by atoms with Crippen molar-refractivity contribution in [2.75, 3.05) is 6.54 Å². The van der Waals surface area contributed by atoms with E-state index >= 15 is 0 Å². The number of fused-ring (bicyclic) bond motifs is 1. The lowest BCUT2D eigenvalue weighted by atomic mass is 9.92. The number of aromatic nitrogens is 3. The Hall–Kier alpha value is -2.18. The molecule has 118 valence electrons. The predicted molar refractivity (Wildman–Crippen MR) is 89.8 cm³/mol. The number of aryl methyl sites for hydroxylation is 1. The van der Waals surface area contributed by atoms with Crippen LogP contribution < -0.4 is 10.1 Å². The Morgan fingerprint density at radius 1 is 1.39 bits per heavy atom. The molecule has 0 saturated heterocycles. The summed E-state index contributed by atoms with van der Waals surface area (Å²) in [6.45, 7) is 4.26. The molecule has 0 bridgehead atoms. The van der Waals surface area contributed by atoms with Gasteiger partial charge in [-0.3, -0.25) is 0 Å². The van der Waals surface area contributed by atoms with Gasteiger partial charge < -0.3 is 15.0 Å². The quantitative estimate of drug-likeness (QED) is 0.774. The van der Waals surface area contributed by atoms with Crippen LogP contribution in [0.15, 0.2) is 36.0 Å². The van der Waals surface area contributed by atoms with E-state index in [4.69, 9.17) is 4.74 Å². The smallest absolute Gasteiger partial charge is 0.131 e. The molecule has 2 aromatic heterocycles. The third kappa shape index (κ3) is 3.00. The highest BCUT2D eigenvalue weighted by Gasteiger charge is 2.24. The van der Waals surface area contributed by atoms with E-state index in [1.54, 1.807) is 17.7 Å². The first-order chi connectivity index (χ1) is 11.3. The van der Waals surface area contributed by atoms with Crippen molar-refractivity contribution in [3.63, 3.8) is 0 Å². The molecular formula is C17H18N4OS. The van der Waals surface area contributed by atoms with Crippen molar-refractivity contribution in [2.45, 2.75) is 26.0 Å². The van der Waals surface area contributed by atoms with Crippen molar-refractivity contribution >= 4 is 11.3 Å². The Kier molecular flexibility index (Phi) is 3.85. The van der Waals surface area contributed by atoms with Gasteiger partial charge in [0.2, 0.25) is 0 Å². The van der Waals surface area contributed by atoms with Gasteiger partial charge in [0, 0.05) is 24.4 Å². The fraction of sp³-hybridized carbons (Fsp3) is 0.294. The fourth-order valence-corrected chi connectivity index (χ4v) is 3.54. The number of H-pyrrole nitrogens is 1. The van der Waals surface area contributed by atoms with Gasteiger partial charge >= 0.3 is 0 Å². The van der Waals surface area contributed by atoms with Gasteiger partial charge in [-0.2, -0.15) is 0 Å². The zero-order valence-electron chi connectivity index (χ0n) is 12.9. The number of rotatable bonds is 4. The molecule has 3 heterocycles. The van der Waals surface area contributed by atoms with E-state index in [1.807, 2.05) is 24.4 Å². The number of benzene rings is 1. The normalized spacial score (nSPS) is 17.0. The second-order valence-corrected chi connectivity index (χ2v) is 6.73. The molecule has 1 aliphatic rings. The van der Waals surface area contributed by atoms with E-state index in [-0.39, 0.29) is 5.92 Å². The van der Waals surface area contributed by atoms with Gasteiger partial charge in [0.15, 0.2) is 0 Å². The first-order valence-electron chi connectivity index (χ1n) is 7.66. The largest absolute Gasteiger partial charge is 0.487 e. The van der Waals surface area contributed by atoms with E-state index in [9.17, 15) is 0 Å². The lowest BCUT2D eigenvalue weighted by Gasteiger charge is -2.23. The standard InChI is InChI=1S/C17H18N4OS/c1-11-21-13(9-23-11)8-22-14-4-2-3-12(5-14)15-6-18-7-16-17(15)20-10-19-16/h2-5,9-10,15,18H,6-8H2,1H3,(H,19,20). The molecule has 2 N–H and O–H groups in total. The molecular weight excluding hydrogens is 308 g/mol. The molecule has 1 unspecified atom stereocenters. The Bertz CT molecular complexity index is 810. The molecule has 3 aromatic rings. The molecule has 6 heteroatoms. The molecule has 0 fully saturated rings. The third-order valence-corrected chi connectivity index (χ3v) is 4.87. The summed E-state index contributed by atoms with van der Waals surface area (Å²) < 4.78 is 5.90. The summed E-state index contributed by atoms with van der Waals surface area (Å²) in [7, 11) is 0. The van der Waals surface area contributed by atoms with Gasteiger partial charge in [-0.05, 0) is 24.6 Å². The van der Waals surface area contributed by atoms with E-state index in [0.717, 1.165) is 35.2 Å². The predicted octanol–water partition coefficient (Wildman–Crippen LogP) is 2.99. The summed E-state index contributed by atoms with van der Waals surface area (Å²) in [5.74, 6) is 1.13. The maximum atomic E-state index is 5.90. The number of hydrogen-bond acceptors (Lipinski definition) is 5. The van der Waals surface area contributed by atoms with Crippen LogP contribution in [0.4, 0.5) is 0 Å². The van der Waals surface area contributed by atoms with Crippen molar-refractivity contribution in [1.82, 2.24) is 20.3 Å². The number of nitrogens with one attached hydrogen (secondary N) is 2. The molecule has 5 nitrogen and oxygen atoms in total. The SMILES string of the molecule is Cc1nc(COc2cccc(C3CNCc4[nH]cnc43)c2)cs1. The van der Waals surface area contributed by atoms with Crippen molar-refractivity contribution < 1.29 is 4.74 Å². The van der Waals surface area contributed by atoms with Crippen LogP contribution in [-0.2, 0) is 13.2 Å². The van der Waals surface area contributed by atoms with Gasteiger partial charge in [0.05, 0.1) is 28.4 Å². The number of nitrogens with zero attached hydrogens (tertiary/aromatic N) is 2. The molecule has 1 aromatic carbocycles. The maximum Gasteiger partial charge on any atom is 0.131 e. The zero-order valence-corrected chi connectivity index (χ0v) is 13.7. The van der Waals surface area contributed by atoms with E-state index in [2.05, 4.69) is 32.4 Å². The molecule has 4 rings (SSSR count). The average molecular weight is 326 g/mol. The lowest BCUT2D eigenvalue weighted by Crippen LogP contribution is -2.28. The van der Waals surface area contributed by atoms with Gasteiger partial charge in [0.25, 0.3) is 0 Å². The minimum Gasteiger partial charge on any atom is -0.487 e. The van der Waals surface area contributed by atoms with Gasteiger partial charge in [-0.15, -0.1) is 11.3 Å². The van der Waals surface area contributed by atoms with Crippen molar-refractivity contribution in [2.24, 2.45) is 0 Å². The first-order valence-corrected chi connectivity index (χ1v) is 8.54. The molecule has 0 saturated carbocycles. The van der Waals surface area contributed by atoms with E-state index < -0.39 is 0 Å². The highest BCUT2D eigenvalue weighted by Crippen LogP contribution is 2.30. The molecule has 23 heavy (non-hydrogen) atoms. The Morgan fingerprint density at radius 2 is 2.35 bits per heavy atom. The molecule has 1 aliphatic heterocycles. The lowest BCUT2D eigenvalue weighted by molar-refractivity contribution is 0.301. The summed E-state index contributed by atoms with van der Waals surface area (Å²) >= 11 is 1.65. The second-order valence-electron chi connectivity index (χ2n) is 5.67. The summed E-state index contributed by atoms with van der Waals surface area (Å²) in [4.78, 5) is 12.1. The van der Waals surface area contributed by atoms with Crippen LogP contribution in [0.3, 0.4) is 0 Å². The minimum absolute atomic E-state index is 0.259. The van der Waals surface area contributed by atoms with Crippen LogP contribution in [0, 0.1) is 6.92 Å². The van der Waals surface area contributed by atoms with Gasteiger partial charge in [-0.1, -0.05) is 12.1 Å². The molecule has 0 spiro atoms. The zero-order chi connectivity index (χ0) is 15.6. The highest BCUT2D eigenvalue weighted by molar-refractivity contribution is 7.09. The van der Waals surface area contributed by atoms with Crippen molar-refractivity contribution in [1.29, 1.82) is 0 Å². The van der Waals surface area contributed by atoms with Crippen LogP contribution >= 0.6 is 11.3 Å². The maximum absolute atomic E-state index is 5.90. The number of hydrogen-bond donors (Lipinski definition) is 2. The van der Waals surface area contributed by atoms with E-state index in [1.165, 1.54) is 11.3 Å². The van der Waals surface area contributed by atoms with Crippen molar-refractivity contribution in [3.05, 3.63) is 63.6 Å². The Balaban J connectivity index is 1.53. The average Bonchev–Trinajstić information content (AvgIpc) is 3.21. The third-order valence-electron chi connectivity index (χ3n) is 4.05. The molecule has 1 atom stereocenters. The molecule has 0 aliphatic carbocycles. The van der Waals surface area contributed by atoms with Crippen LogP contribution in [-0.4, -0.2) is 21.5 Å². The first kappa shape index (κ1) is 14.4. The number of ether oxygens (including phenoxy) is 1. The van der Waals surface area contributed by atoms with Crippen LogP contribution in [0.2, 0.25) is 0 Å². The topological polar surface area (TPSA) is 62.8 Å². The summed E-state index contributed by atoms with van der Waals surface area (Å²) in [5, 5.41) is 6.54. The number of aromatic amines is 1. The highest BCUT2D eigenvalue weighted by atomic mass is 32.1. The van der Waals surface area contributed by atoms with Gasteiger partial charge in [0.1, 0.15) is 12.4 Å². The monoisotopic (exact) mass is 326 g/mol. The van der Waals surface area contributed by atoms with Gasteiger partial charge in [-0.25, -0.2) is 9.97 Å². The Labute approximate surface area is 138 Å². The summed E-state index contributed by atoms with van der Waals surface area (Å²) in [5.41, 5.74) is 4.51. The number of thiazole rings is 1. The fourth-order valence-electron chi connectivity index (χ4n) is 2.94. The van der Waals surface area contributed by atoms with Crippen LogP contribution in [0.25, 0.3) is 0 Å². The van der Waals surface area contributed by atoms with Crippen LogP contribution in [0.5, 0.6) is 5.75 Å². The summed E-state index contributed by atoms with van der Waals surface area (Å²) in [6, 6.07) is 8.27. The number of imidazole rings is 1. The summed E-state index contributed by atoms with van der Waals surface area (Å²) in [6.07, 6.45) is 1.77. The molecule has 0 amide bonds. The van der Waals surface area contributed by atoms with E-state index in [0.29, 0.717) is 6.61 Å². The van der Waals surface area contributed by atoms with Crippen LogP contribution in [0.1, 0.15) is 33.6 Å². The molecule has 0 radical (unpaired) electrons.